The van der Waals surface area contributed by atoms with Crippen LogP contribution in [0.15, 0.2) is 18.3 Å². The first-order valence-electron chi connectivity index (χ1n) is 4.70. The van der Waals surface area contributed by atoms with Gasteiger partial charge in [-0.15, -0.1) is 12.4 Å². The molecule has 0 aliphatic carbocycles. The zero-order chi connectivity index (χ0) is 9.97. The van der Waals surface area contributed by atoms with E-state index in [0.717, 1.165) is 18.7 Å². The molecule has 1 aliphatic heterocycles. The molecule has 0 atom stereocenters. The molecule has 1 aromatic rings. The van der Waals surface area contributed by atoms with Crippen LogP contribution in [-0.2, 0) is 4.79 Å². The molecule has 0 spiro atoms. The Hall–Kier alpha value is -1.13. The maximum atomic E-state index is 11.6. The minimum atomic E-state index is 0. The molecule has 1 amide bonds. The number of carbonyl (C=O) groups is 1. The van der Waals surface area contributed by atoms with Crippen LogP contribution in [0.2, 0.25) is 0 Å². The zero-order valence-electron chi connectivity index (χ0n) is 8.49. The smallest absolute Gasteiger partial charge is 0.231 e. The second kappa shape index (κ2) is 5.09. The fourth-order valence-corrected chi connectivity index (χ4v) is 1.31. The van der Waals surface area contributed by atoms with Gasteiger partial charge in [0.1, 0.15) is 5.82 Å². The lowest BCUT2D eigenvalue weighted by molar-refractivity contribution is -0.121. The van der Waals surface area contributed by atoms with E-state index in [0.29, 0.717) is 5.82 Å². The molecular formula is C10H14ClN3O. The van der Waals surface area contributed by atoms with Crippen LogP contribution in [0.3, 0.4) is 0 Å². The molecule has 15 heavy (non-hydrogen) atoms. The van der Waals surface area contributed by atoms with Crippen molar-refractivity contribution in [2.24, 2.45) is 5.92 Å². The first-order chi connectivity index (χ1) is 6.77. The maximum absolute atomic E-state index is 11.6. The number of amides is 1. The van der Waals surface area contributed by atoms with Crippen molar-refractivity contribution in [3.05, 3.63) is 23.9 Å². The number of hydrogen-bond acceptors (Lipinski definition) is 3. The first-order valence-corrected chi connectivity index (χ1v) is 4.70. The summed E-state index contributed by atoms with van der Waals surface area (Å²) in [5.41, 5.74) is 0.994. The minimum absolute atomic E-state index is 0. The Morgan fingerprint density at radius 2 is 2.33 bits per heavy atom. The van der Waals surface area contributed by atoms with Gasteiger partial charge in [-0.25, -0.2) is 4.98 Å². The molecule has 0 saturated carbocycles. The molecule has 2 heterocycles. The second-order valence-corrected chi connectivity index (χ2v) is 3.51. The third-order valence-electron chi connectivity index (χ3n) is 2.40. The third-order valence-corrected chi connectivity index (χ3v) is 2.40. The molecule has 0 unspecified atom stereocenters. The fraction of sp³-hybridized carbons (Fsp3) is 0.400. The Morgan fingerprint density at radius 3 is 2.87 bits per heavy atom. The quantitative estimate of drug-likeness (QED) is 0.792. The summed E-state index contributed by atoms with van der Waals surface area (Å²) in [5.74, 6) is 0.839. The summed E-state index contributed by atoms with van der Waals surface area (Å²) >= 11 is 0. The average molecular weight is 228 g/mol. The third kappa shape index (κ3) is 2.67. The van der Waals surface area contributed by atoms with Gasteiger partial charge >= 0.3 is 0 Å². The van der Waals surface area contributed by atoms with Crippen molar-refractivity contribution in [1.82, 2.24) is 10.3 Å². The number of pyridine rings is 1. The van der Waals surface area contributed by atoms with E-state index in [1.807, 2.05) is 19.1 Å². The highest BCUT2D eigenvalue weighted by atomic mass is 35.5. The van der Waals surface area contributed by atoms with Crippen LogP contribution >= 0.6 is 12.4 Å². The number of anilines is 1. The largest absolute Gasteiger partial charge is 0.315 e. The summed E-state index contributed by atoms with van der Waals surface area (Å²) in [6.07, 6.45) is 1.68. The number of aromatic nitrogens is 1. The average Bonchev–Trinajstić information content (AvgIpc) is 2.05. The van der Waals surface area contributed by atoms with Gasteiger partial charge in [0.05, 0.1) is 5.92 Å². The summed E-state index contributed by atoms with van der Waals surface area (Å²) in [5, 5.41) is 5.88. The Labute approximate surface area is 94.9 Å². The predicted molar refractivity (Wildman–Crippen MR) is 61.2 cm³/mol. The standard InChI is InChI=1S/C10H13N3O.ClH/c1-7-3-2-4-12-9(7)13-10(14)8-5-11-6-8;/h2-4,8,11H,5-6H2,1H3,(H,12,13,14);1H. The van der Waals surface area contributed by atoms with Gasteiger partial charge in [0.15, 0.2) is 0 Å². The summed E-state index contributed by atoms with van der Waals surface area (Å²) in [6.45, 7) is 3.48. The number of nitrogens with one attached hydrogen (secondary N) is 2. The highest BCUT2D eigenvalue weighted by Gasteiger charge is 2.25. The molecule has 0 aromatic carbocycles. The predicted octanol–water partition coefficient (Wildman–Crippen LogP) is 0.970. The lowest BCUT2D eigenvalue weighted by atomic mass is 10.0. The van der Waals surface area contributed by atoms with Crippen molar-refractivity contribution in [1.29, 1.82) is 0 Å². The maximum Gasteiger partial charge on any atom is 0.231 e. The van der Waals surface area contributed by atoms with E-state index in [1.165, 1.54) is 0 Å². The number of rotatable bonds is 2. The van der Waals surface area contributed by atoms with Crippen LogP contribution in [-0.4, -0.2) is 24.0 Å². The summed E-state index contributed by atoms with van der Waals surface area (Å²) < 4.78 is 0. The van der Waals surface area contributed by atoms with Crippen LogP contribution in [0.1, 0.15) is 5.56 Å². The normalized spacial score (nSPS) is 15.0. The molecule has 5 heteroatoms. The molecule has 1 fully saturated rings. The van der Waals surface area contributed by atoms with Crippen LogP contribution in [0.25, 0.3) is 0 Å². The first kappa shape index (κ1) is 11.9. The second-order valence-electron chi connectivity index (χ2n) is 3.51. The Morgan fingerprint density at radius 1 is 1.60 bits per heavy atom. The number of halogens is 1. The van der Waals surface area contributed by atoms with E-state index in [1.54, 1.807) is 6.20 Å². The monoisotopic (exact) mass is 227 g/mol. The SMILES string of the molecule is Cc1cccnc1NC(=O)C1CNC1.Cl. The number of nitrogens with zero attached hydrogens (tertiary/aromatic N) is 1. The highest BCUT2D eigenvalue weighted by molar-refractivity contribution is 5.93. The van der Waals surface area contributed by atoms with E-state index < -0.39 is 0 Å². The lowest BCUT2D eigenvalue weighted by Gasteiger charge is -2.25. The van der Waals surface area contributed by atoms with E-state index in [4.69, 9.17) is 0 Å². The number of carbonyl (C=O) groups excluding carboxylic acids is 1. The van der Waals surface area contributed by atoms with Crippen molar-refractivity contribution in [2.75, 3.05) is 18.4 Å². The minimum Gasteiger partial charge on any atom is -0.315 e. The highest BCUT2D eigenvalue weighted by Crippen LogP contribution is 2.12. The van der Waals surface area contributed by atoms with E-state index >= 15 is 0 Å². The van der Waals surface area contributed by atoms with E-state index in [2.05, 4.69) is 15.6 Å². The summed E-state index contributed by atoms with van der Waals surface area (Å²) in [4.78, 5) is 15.7. The van der Waals surface area contributed by atoms with Crippen molar-refractivity contribution in [3.63, 3.8) is 0 Å². The van der Waals surface area contributed by atoms with Crippen molar-refractivity contribution in [3.8, 4) is 0 Å². The van der Waals surface area contributed by atoms with Gasteiger partial charge in [0.2, 0.25) is 5.91 Å². The summed E-state index contributed by atoms with van der Waals surface area (Å²) in [6, 6.07) is 3.79. The van der Waals surface area contributed by atoms with E-state index in [-0.39, 0.29) is 24.2 Å². The number of hydrogen-bond donors (Lipinski definition) is 2. The Bertz CT molecular complexity index is 352. The van der Waals surface area contributed by atoms with Crippen LogP contribution in [0, 0.1) is 12.8 Å². The van der Waals surface area contributed by atoms with Crippen molar-refractivity contribution in [2.45, 2.75) is 6.92 Å². The molecule has 1 saturated heterocycles. The van der Waals surface area contributed by atoms with Gasteiger partial charge in [-0.3, -0.25) is 4.79 Å². The van der Waals surface area contributed by atoms with Crippen LogP contribution in [0.4, 0.5) is 5.82 Å². The Balaban J connectivity index is 0.00000112. The topological polar surface area (TPSA) is 54.0 Å². The molecule has 2 N–H and O–H groups in total. The number of aryl methyl sites for hydroxylation is 1. The fourth-order valence-electron chi connectivity index (χ4n) is 1.31. The van der Waals surface area contributed by atoms with Gasteiger partial charge < -0.3 is 10.6 Å². The van der Waals surface area contributed by atoms with Gasteiger partial charge in [0.25, 0.3) is 0 Å². The molecule has 82 valence electrons. The molecule has 1 aliphatic rings. The van der Waals surface area contributed by atoms with Gasteiger partial charge in [0, 0.05) is 19.3 Å². The van der Waals surface area contributed by atoms with Crippen LogP contribution in [0.5, 0.6) is 0 Å². The van der Waals surface area contributed by atoms with Crippen molar-refractivity contribution < 1.29 is 4.79 Å². The molecular weight excluding hydrogens is 214 g/mol. The molecule has 2 rings (SSSR count). The molecule has 0 radical (unpaired) electrons. The summed E-state index contributed by atoms with van der Waals surface area (Å²) in [7, 11) is 0. The van der Waals surface area contributed by atoms with Crippen LogP contribution < -0.4 is 10.6 Å². The molecule has 0 bridgehead atoms. The van der Waals surface area contributed by atoms with E-state index in [9.17, 15) is 4.79 Å². The van der Waals surface area contributed by atoms with Gasteiger partial charge in [-0.1, -0.05) is 6.07 Å². The van der Waals surface area contributed by atoms with Gasteiger partial charge in [-0.05, 0) is 18.6 Å². The lowest BCUT2D eigenvalue weighted by Crippen LogP contribution is -2.48. The van der Waals surface area contributed by atoms with Crippen molar-refractivity contribution >= 4 is 24.1 Å². The Kier molecular flexibility index (Phi) is 4.05. The van der Waals surface area contributed by atoms with Gasteiger partial charge in [-0.2, -0.15) is 0 Å². The zero-order valence-corrected chi connectivity index (χ0v) is 9.30. The molecule has 1 aromatic heterocycles. The molecule has 4 nitrogen and oxygen atoms in total.